The van der Waals surface area contributed by atoms with Crippen LogP contribution in [0.2, 0.25) is 10.0 Å². The Labute approximate surface area is 208 Å². The topological polar surface area (TPSA) is 70.7 Å². The van der Waals surface area contributed by atoms with E-state index in [1.165, 1.54) is 0 Å². The molecule has 0 fully saturated rings. The van der Waals surface area contributed by atoms with Gasteiger partial charge in [0.25, 0.3) is 5.91 Å². The van der Waals surface area contributed by atoms with Crippen LogP contribution in [0.4, 0.5) is 5.69 Å². The molecule has 9 heteroatoms. The number of allylic oxidation sites excluding steroid dienone is 1. The van der Waals surface area contributed by atoms with Crippen molar-refractivity contribution in [1.29, 1.82) is 0 Å². The van der Waals surface area contributed by atoms with Gasteiger partial charge in [0.15, 0.2) is 5.11 Å². The van der Waals surface area contributed by atoms with E-state index in [0.717, 1.165) is 11.3 Å². The second-order valence-corrected chi connectivity index (χ2v) is 9.43. The highest BCUT2D eigenvalue weighted by Gasteiger charge is 2.33. The van der Waals surface area contributed by atoms with Crippen molar-refractivity contribution < 1.29 is 14.3 Å². The fraction of sp³-hybridized carbons (Fsp3) is 0.292. The van der Waals surface area contributed by atoms with Crippen molar-refractivity contribution in [3.05, 3.63) is 74.9 Å². The second kappa shape index (κ2) is 10.5. The first-order valence-corrected chi connectivity index (χ1v) is 11.5. The highest BCUT2D eigenvalue weighted by Crippen LogP contribution is 2.31. The van der Waals surface area contributed by atoms with E-state index in [-0.39, 0.29) is 17.8 Å². The van der Waals surface area contributed by atoms with E-state index in [1.54, 1.807) is 42.3 Å². The summed E-state index contributed by atoms with van der Waals surface area (Å²) in [5, 5.41) is 7.30. The minimum Gasteiger partial charge on any atom is -0.462 e. The number of nitrogens with one attached hydrogen (secondary N) is 2. The minimum atomic E-state index is -0.468. The molecule has 1 amide bonds. The number of halogens is 2. The van der Waals surface area contributed by atoms with Crippen LogP contribution in [0.3, 0.4) is 0 Å². The number of amides is 1. The van der Waals surface area contributed by atoms with Gasteiger partial charge in [-0.1, -0.05) is 49.2 Å². The van der Waals surface area contributed by atoms with E-state index in [4.69, 9.17) is 40.2 Å². The van der Waals surface area contributed by atoms with Crippen molar-refractivity contribution in [3.63, 3.8) is 0 Å². The molecule has 1 unspecified atom stereocenters. The number of carbonyl (C=O) groups is 2. The van der Waals surface area contributed by atoms with Gasteiger partial charge < -0.3 is 20.3 Å². The van der Waals surface area contributed by atoms with E-state index in [9.17, 15) is 9.59 Å². The normalized spacial score (nSPS) is 16.0. The lowest BCUT2D eigenvalue weighted by atomic mass is 9.95. The Morgan fingerprint density at radius 1 is 1.15 bits per heavy atom. The number of benzene rings is 2. The molecule has 174 valence electrons. The van der Waals surface area contributed by atoms with E-state index in [0.29, 0.717) is 38.6 Å². The van der Waals surface area contributed by atoms with Crippen LogP contribution in [0.5, 0.6) is 0 Å². The summed E-state index contributed by atoms with van der Waals surface area (Å²) >= 11 is 17.4. The summed E-state index contributed by atoms with van der Waals surface area (Å²) in [5.41, 5.74) is 2.97. The van der Waals surface area contributed by atoms with Crippen molar-refractivity contribution in [1.82, 2.24) is 10.2 Å². The molecule has 0 aromatic heterocycles. The maximum atomic E-state index is 12.9. The van der Waals surface area contributed by atoms with Crippen molar-refractivity contribution in [2.75, 3.05) is 19.0 Å². The van der Waals surface area contributed by atoms with Gasteiger partial charge in [-0.3, -0.25) is 4.79 Å². The van der Waals surface area contributed by atoms with Crippen LogP contribution >= 0.6 is 35.4 Å². The maximum absolute atomic E-state index is 12.9. The first-order chi connectivity index (χ1) is 15.6. The van der Waals surface area contributed by atoms with Crippen molar-refractivity contribution in [3.8, 4) is 0 Å². The van der Waals surface area contributed by atoms with Gasteiger partial charge in [-0.25, -0.2) is 4.79 Å². The molecule has 0 radical (unpaired) electrons. The standard InChI is InChI=1S/C24H25Cl2N3O3S/c1-13(2)12-32-23(31)20-14(3)29(4)24(33)28-21(20)15-5-7-19(8-6-15)27-22(30)16-9-17(25)11-18(26)10-16/h5-11,13,21H,12H2,1-4H3,(H,27,30)(H,28,33). The van der Waals surface area contributed by atoms with Crippen LogP contribution in [-0.2, 0) is 9.53 Å². The number of carbonyl (C=O) groups excluding carboxylic acids is 2. The average molecular weight is 506 g/mol. The zero-order valence-electron chi connectivity index (χ0n) is 18.7. The maximum Gasteiger partial charge on any atom is 0.338 e. The number of hydrogen-bond acceptors (Lipinski definition) is 4. The van der Waals surface area contributed by atoms with Crippen LogP contribution in [0.25, 0.3) is 0 Å². The predicted molar refractivity (Wildman–Crippen MR) is 136 cm³/mol. The molecule has 2 aromatic rings. The van der Waals surface area contributed by atoms with Gasteiger partial charge in [-0.05, 0) is 61.0 Å². The Hall–Kier alpha value is -2.61. The van der Waals surface area contributed by atoms with Gasteiger partial charge >= 0.3 is 5.97 Å². The smallest absolute Gasteiger partial charge is 0.338 e. The molecular formula is C24H25Cl2N3O3S. The van der Waals surface area contributed by atoms with E-state index >= 15 is 0 Å². The number of rotatable bonds is 6. The Kier molecular flexibility index (Phi) is 8.00. The fourth-order valence-electron chi connectivity index (χ4n) is 3.32. The molecule has 0 aliphatic carbocycles. The lowest BCUT2D eigenvalue weighted by molar-refractivity contribution is -0.140. The molecular weight excluding hydrogens is 481 g/mol. The number of anilines is 1. The zero-order valence-corrected chi connectivity index (χ0v) is 21.1. The quantitative estimate of drug-likeness (QED) is 0.394. The van der Waals surface area contributed by atoms with Crippen molar-refractivity contribution in [2.24, 2.45) is 5.92 Å². The molecule has 1 heterocycles. The highest BCUT2D eigenvalue weighted by molar-refractivity contribution is 7.80. The molecule has 0 saturated carbocycles. The molecule has 1 aliphatic heterocycles. The Morgan fingerprint density at radius 3 is 2.33 bits per heavy atom. The van der Waals surface area contributed by atoms with Gasteiger partial charge in [0, 0.05) is 34.0 Å². The first-order valence-electron chi connectivity index (χ1n) is 10.4. The van der Waals surface area contributed by atoms with Crippen LogP contribution in [-0.4, -0.2) is 35.5 Å². The molecule has 6 nitrogen and oxygen atoms in total. The Bertz CT molecular complexity index is 1100. The van der Waals surface area contributed by atoms with Gasteiger partial charge in [0.1, 0.15) is 0 Å². The molecule has 1 aliphatic rings. The number of hydrogen-bond donors (Lipinski definition) is 2. The summed E-state index contributed by atoms with van der Waals surface area (Å²) in [6.07, 6.45) is 0. The average Bonchev–Trinajstić information content (AvgIpc) is 2.75. The van der Waals surface area contributed by atoms with Crippen molar-refractivity contribution in [2.45, 2.75) is 26.8 Å². The third-order valence-electron chi connectivity index (χ3n) is 5.15. The Balaban J connectivity index is 1.83. The molecule has 0 spiro atoms. The van der Waals surface area contributed by atoms with E-state index < -0.39 is 6.04 Å². The molecule has 3 rings (SSSR count). The molecule has 1 atom stereocenters. The summed E-state index contributed by atoms with van der Waals surface area (Å²) in [4.78, 5) is 27.2. The third-order valence-corrected chi connectivity index (χ3v) is 5.98. The van der Waals surface area contributed by atoms with Gasteiger partial charge in [-0.2, -0.15) is 0 Å². The fourth-order valence-corrected chi connectivity index (χ4v) is 4.10. The molecule has 33 heavy (non-hydrogen) atoms. The highest BCUT2D eigenvalue weighted by atomic mass is 35.5. The molecule has 0 bridgehead atoms. The number of nitrogens with zero attached hydrogens (tertiary/aromatic N) is 1. The molecule has 2 N–H and O–H groups in total. The number of thiocarbonyl (C=S) groups is 1. The first kappa shape index (κ1) is 25.0. The number of ether oxygens (including phenoxy) is 1. The Morgan fingerprint density at radius 2 is 1.76 bits per heavy atom. The second-order valence-electron chi connectivity index (χ2n) is 8.17. The number of esters is 1. The van der Waals surface area contributed by atoms with Gasteiger partial charge in [0.05, 0.1) is 18.2 Å². The summed E-state index contributed by atoms with van der Waals surface area (Å²) in [5.74, 6) is -0.497. The SMILES string of the molecule is CC1=C(C(=O)OCC(C)C)C(c2ccc(NC(=O)c3cc(Cl)cc(Cl)c3)cc2)NC(=S)N1C. The van der Waals surface area contributed by atoms with Crippen LogP contribution in [0.15, 0.2) is 53.7 Å². The molecule has 2 aromatic carbocycles. The minimum absolute atomic E-state index is 0.223. The van der Waals surface area contributed by atoms with Crippen LogP contribution in [0.1, 0.15) is 42.7 Å². The summed E-state index contributed by atoms with van der Waals surface area (Å²) in [6.45, 7) is 6.14. The molecule has 0 saturated heterocycles. The largest absolute Gasteiger partial charge is 0.462 e. The van der Waals surface area contributed by atoms with Crippen LogP contribution in [0, 0.1) is 5.92 Å². The summed E-state index contributed by atoms with van der Waals surface area (Å²) < 4.78 is 5.51. The monoisotopic (exact) mass is 505 g/mol. The van der Waals surface area contributed by atoms with Gasteiger partial charge in [-0.15, -0.1) is 0 Å². The summed E-state index contributed by atoms with van der Waals surface area (Å²) in [7, 11) is 1.80. The van der Waals surface area contributed by atoms with E-state index in [2.05, 4.69) is 10.6 Å². The third kappa shape index (κ3) is 6.05. The van der Waals surface area contributed by atoms with Crippen LogP contribution < -0.4 is 10.6 Å². The lowest BCUT2D eigenvalue weighted by Crippen LogP contribution is -2.46. The summed E-state index contributed by atoms with van der Waals surface area (Å²) in [6, 6.07) is 11.4. The zero-order chi connectivity index (χ0) is 24.3. The van der Waals surface area contributed by atoms with E-state index in [1.807, 2.05) is 32.9 Å². The van der Waals surface area contributed by atoms with Gasteiger partial charge in [0.2, 0.25) is 0 Å². The van der Waals surface area contributed by atoms with Crippen molar-refractivity contribution >= 4 is 58.1 Å². The predicted octanol–water partition coefficient (Wildman–Crippen LogP) is 5.58. The lowest BCUT2D eigenvalue weighted by Gasteiger charge is -2.35.